The molecule has 3 aromatic rings. The molecule has 0 aliphatic heterocycles. The van der Waals surface area contributed by atoms with Gasteiger partial charge in [0.1, 0.15) is 18.2 Å². The summed E-state index contributed by atoms with van der Waals surface area (Å²) >= 11 is 0. The number of anilines is 1. The predicted molar refractivity (Wildman–Crippen MR) is 140 cm³/mol. The first-order chi connectivity index (χ1) is 16.9. The summed E-state index contributed by atoms with van der Waals surface area (Å²) < 4.78 is 12.1. The molecule has 178 valence electrons. The van der Waals surface area contributed by atoms with Crippen molar-refractivity contribution in [3.05, 3.63) is 107 Å². The number of nitriles is 1. The van der Waals surface area contributed by atoms with Gasteiger partial charge >= 0.3 is 0 Å². The maximum atomic E-state index is 12.7. The number of carbonyl (C=O) groups is 1. The van der Waals surface area contributed by atoms with Gasteiger partial charge < -0.3 is 14.8 Å². The topological polar surface area (TPSA) is 71.4 Å². The van der Waals surface area contributed by atoms with Crippen LogP contribution in [0.2, 0.25) is 0 Å². The van der Waals surface area contributed by atoms with Crippen LogP contribution in [-0.4, -0.2) is 12.5 Å². The van der Waals surface area contributed by atoms with E-state index in [2.05, 4.69) is 18.0 Å². The number of nitrogens with one attached hydrogen (secondary N) is 1. The zero-order valence-corrected chi connectivity index (χ0v) is 20.4. The van der Waals surface area contributed by atoms with Crippen molar-refractivity contribution >= 4 is 17.7 Å². The van der Waals surface area contributed by atoms with Crippen molar-refractivity contribution in [1.82, 2.24) is 0 Å². The molecule has 1 amide bonds. The minimum atomic E-state index is -0.473. The van der Waals surface area contributed by atoms with Crippen LogP contribution in [0.25, 0.3) is 6.08 Å². The highest BCUT2D eigenvalue weighted by atomic mass is 16.5. The van der Waals surface area contributed by atoms with Gasteiger partial charge in [0.05, 0.1) is 6.61 Å². The Morgan fingerprint density at radius 1 is 1.06 bits per heavy atom. The molecule has 0 fully saturated rings. The smallest absolute Gasteiger partial charge is 0.266 e. The molecule has 3 aromatic carbocycles. The van der Waals surface area contributed by atoms with Gasteiger partial charge in [-0.25, -0.2) is 0 Å². The Bertz CT molecular complexity index is 1270. The second-order valence-corrected chi connectivity index (χ2v) is 8.20. The summed E-state index contributed by atoms with van der Waals surface area (Å²) in [5, 5.41) is 12.4. The van der Waals surface area contributed by atoms with Gasteiger partial charge in [0.25, 0.3) is 5.91 Å². The third-order valence-corrected chi connectivity index (χ3v) is 5.27. The van der Waals surface area contributed by atoms with Crippen LogP contribution in [0.3, 0.4) is 0 Å². The van der Waals surface area contributed by atoms with Crippen LogP contribution < -0.4 is 14.8 Å². The number of hydrogen-bond acceptors (Lipinski definition) is 4. The number of nitrogens with zero attached hydrogens (tertiary/aromatic N) is 1. The normalized spacial score (nSPS) is 10.9. The molecule has 0 bridgehead atoms. The summed E-state index contributed by atoms with van der Waals surface area (Å²) in [5.41, 5.74) is 5.46. The number of carbonyl (C=O) groups excluding carboxylic acids is 1. The van der Waals surface area contributed by atoms with Crippen molar-refractivity contribution in [2.45, 2.75) is 33.8 Å². The molecule has 0 saturated heterocycles. The van der Waals surface area contributed by atoms with E-state index in [0.717, 1.165) is 22.3 Å². The van der Waals surface area contributed by atoms with E-state index in [1.165, 1.54) is 0 Å². The van der Waals surface area contributed by atoms with Gasteiger partial charge in [-0.3, -0.25) is 4.79 Å². The fourth-order valence-corrected chi connectivity index (χ4v) is 3.61. The molecule has 0 aliphatic carbocycles. The van der Waals surface area contributed by atoms with Gasteiger partial charge in [0.2, 0.25) is 0 Å². The van der Waals surface area contributed by atoms with Crippen LogP contribution in [0.1, 0.15) is 34.7 Å². The summed E-state index contributed by atoms with van der Waals surface area (Å²) in [6.45, 7) is 10.6. The standard InChI is InChI=1S/C30H30N2O3/c1-5-8-25-16-24(17-26(19-31)30(33)32-27-13-11-21(3)12-14-27)18-28(34-6-2)29(25)35-20-23-10-7-9-22(4)15-23/h5,7,9-18H,1,6,8,20H2,2-4H3,(H,32,33)/b26-17-. The summed E-state index contributed by atoms with van der Waals surface area (Å²) in [6.07, 6.45) is 3.89. The van der Waals surface area contributed by atoms with E-state index in [-0.39, 0.29) is 5.57 Å². The molecule has 0 radical (unpaired) electrons. The Kier molecular flexibility index (Phi) is 8.86. The molecule has 0 unspecified atom stereocenters. The van der Waals surface area contributed by atoms with Gasteiger partial charge in [-0.15, -0.1) is 6.58 Å². The molecular weight excluding hydrogens is 436 g/mol. The van der Waals surface area contributed by atoms with Crippen LogP contribution in [0.15, 0.2) is 78.9 Å². The SMILES string of the molecule is C=CCc1cc(/C=C(/C#N)C(=O)Nc2ccc(C)cc2)cc(OCC)c1OCc1cccc(C)c1. The summed E-state index contributed by atoms with van der Waals surface area (Å²) in [5.74, 6) is 0.717. The third-order valence-electron chi connectivity index (χ3n) is 5.27. The minimum Gasteiger partial charge on any atom is -0.490 e. The van der Waals surface area contributed by atoms with Crippen molar-refractivity contribution < 1.29 is 14.3 Å². The van der Waals surface area contributed by atoms with E-state index in [1.54, 1.807) is 30.4 Å². The first-order valence-electron chi connectivity index (χ1n) is 11.5. The molecule has 5 heteroatoms. The van der Waals surface area contributed by atoms with E-state index in [0.29, 0.717) is 42.4 Å². The Hall–Kier alpha value is -4.30. The number of hydrogen-bond donors (Lipinski definition) is 1. The number of amides is 1. The average Bonchev–Trinajstić information content (AvgIpc) is 2.84. The molecule has 0 aliphatic rings. The van der Waals surface area contributed by atoms with Gasteiger partial charge in [0.15, 0.2) is 11.5 Å². The lowest BCUT2D eigenvalue weighted by Gasteiger charge is -2.17. The highest BCUT2D eigenvalue weighted by molar-refractivity contribution is 6.09. The Morgan fingerprint density at radius 2 is 1.83 bits per heavy atom. The molecule has 3 rings (SSSR count). The summed E-state index contributed by atoms with van der Waals surface area (Å²) in [4.78, 5) is 12.7. The quantitative estimate of drug-likeness (QED) is 0.209. The van der Waals surface area contributed by atoms with Crippen LogP contribution in [0, 0.1) is 25.2 Å². The first kappa shape index (κ1) is 25.3. The monoisotopic (exact) mass is 466 g/mol. The zero-order valence-electron chi connectivity index (χ0n) is 20.4. The molecule has 1 N–H and O–H groups in total. The lowest BCUT2D eigenvalue weighted by atomic mass is 10.0. The molecule has 0 spiro atoms. The Balaban J connectivity index is 1.92. The van der Waals surface area contributed by atoms with Gasteiger partial charge in [-0.1, -0.05) is 53.6 Å². The maximum Gasteiger partial charge on any atom is 0.266 e. The first-order valence-corrected chi connectivity index (χ1v) is 11.5. The number of ether oxygens (including phenoxy) is 2. The number of allylic oxidation sites excluding steroid dienone is 1. The molecule has 5 nitrogen and oxygen atoms in total. The van der Waals surface area contributed by atoms with Crippen molar-refractivity contribution in [2.75, 3.05) is 11.9 Å². The third kappa shape index (κ3) is 7.09. The Morgan fingerprint density at radius 3 is 2.49 bits per heavy atom. The molecule has 0 aromatic heterocycles. The summed E-state index contributed by atoms with van der Waals surface area (Å²) in [6, 6.07) is 21.2. The number of benzene rings is 3. The van der Waals surface area contributed by atoms with Crippen LogP contribution in [0.5, 0.6) is 11.5 Å². The highest BCUT2D eigenvalue weighted by Crippen LogP contribution is 2.35. The molecular formula is C30H30N2O3. The van der Waals surface area contributed by atoms with Crippen LogP contribution in [-0.2, 0) is 17.8 Å². The molecule has 0 heterocycles. The van der Waals surface area contributed by atoms with Crippen LogP contribution in [0.4, 0.5) is 5.69 Å². The zero-order chi connectivity index (χ0) is 25.2. The lowest BCUT2D eigenvalue weighted by molar-refractivity contribution is -0.112. The van der Waals surface area contributed by atoms with E-state index in [4.69, 9.17) is 9.47 Å². The van der Waals surface area contributed by atoms with Crippen molar-refractivity contribution in [1.29, 1.82) is 5.26 Å². The van der Waals surface area contributed by atoms with Gasteiger partial charge in [-0.05, 0) is 68.7 Å². The van der Waals surface area contributed by atoms with Gasteiger partial charge in [-0.2, -0.15) is 5.26 Å². The largest absolute Gasteiger partial charge is 0.490 e. The average molecular weight is 467 g/mol. The Labute approximate surface area is 207 Å². The predicted octanol–water partition coefficient (Wildman–Crippen LogP) is 6.56. The van der Waals surface area contributed by atoms with Gasteiger partial charge in [0, 0.05) is 11.3 Å². The van der Waals surface area contributed by atoms with Crippen molar-refractivity contribution in [2.24, 2.45) is 0 Å². The fraction of sp³-hybridized carbons (Fsp3) is 0.200. The minimum absolute atomic E-state index is 0.00833. The van der Waals surface area contributed by atoms with E-state index in [1.807, 2.05) is 63.2 Å². The second kappa shape index (κ2) is 12.2. The van der Waals surface area contributed by atoms with E-state index >= 15 is 0 Å². The number of aryl methyl sites for hydroxylation is 2. The molecule has 0 atom stereocenters. The van der Waals surface area contributed by atoms with Crippen LogP contribution >= 0.6 is 0 Å². The van der Waals surface area contributed by atoms with Crippen molar-refractivity contribution in [3.8, 4) is 17.6 Å². The fourth-order valence-electron chi connectivity index (χ4n) is 3.61. The number of rotatable bonds is 10. The molecule has 0 saturated carbocycles. The van der Waals surface area contributed by atoms with E-state index in [9.17, 15) is 10.1 Å². The highest BCUT2D eigenvalue weighted by Gasteiger charge is 2.15. The van der Waals surface area contributed by atoms with E-state index < -0.39 is 5.91 Å². The maximum absolute atomic E-state index is 12.7. The second-order valence-electron chi connectivity index (χ2n) is 8.20. The summed E-state index contributed by atoms with van der Waals surface area (Å²) in [7, 11) is 0. The van der Waals surface area contributed by atoms with Crippen molar-refractivity contribution in [3.63, 3.8) is 0 Å². The molecule has 35 heavy (non-hydrogen) atoms. The lowest BCUT2D eigenvalue weighted by Crippen LogP contribution is -2.13.